The second-order valence-electron chi connectivity index (χ2n) is 7.19. The first-order valence-corrected chi connectivity index (χ1v) is 10.2. The van der Waals surface area contributed by atoms with E-state index >= 15 is 0 Å². The van der Waals surface area contributed by atoms with Crippen molar-refractivity contribution in [2.75, 3.05) is 19.6 Å². The van der Waals surface area contributed by atoms with Gasteiger partial charge in [-0.15, -0.1) is 12.4 Å². The molecule has 2 fully saturated rings. The van der Waals surface area contributed by atoms with Crippen LogP contribution in [0.25, 0.3) is 0 Å². The molecule has 7 nitrogen and oxygen atoms in total. The molecule has 0 unspecified atom stereocenters. The molecule has 9 heteroatoms. The van der Waals surface area contributed by atoms with Gasteiger partial charge in [0.05, 0.1) is 4.92 Å². The molecule has 1 aromatic rings. The summed E-state index contributed by atoms with van der Waals surface area (Å²) in [6, 6.07) is 3.12. The summed E-state index contributed by atoms with van der Waals surface area (Å²) in [5.41, 5.74) is 1.12. The summed E-state index contributed by atoms with van der Waals surface area (Å²) >= 11 is 0. The van der Waals surface area contributed by atoms with Gasteiger partial charge in [0.25, 0.3) is 5.69 Å². The van der Waals surface area contributed by atoms with E-state index in [-0.39, 0.29) is 23.0 Å². The van der Waals surface area contributed by atoms with E-state index in [9.17, 15) is 18.5 Å². The molecule has 1 aromatic carbocycles. The molecule has 1 heterocycles. The first-order chi connectivity index (χ1) is 11.8. The molecular formula is C17H26ClN3O4S. The molecule has 0 radical (unpaired) electrons. The Balaban J connectivity index is 0.00000243. The lowest BCUT2D eigenvalue weighted by Crippen LogP contribution is -2.45. The molecule has 0 aromatic heterocycles. The predicted octanol–water partition coefficient (Wildman–Crippen LogP) is 2.79. The van der Waals surface area contributed by atoms with Crippen LogP contribution in [0.15, 0.2) is 17.0 Å². The fourth-order valence-corrected chi connectivity index (χ4v) is 4.91. The molecule has 26 heavy (non-hydrogen) atoms. The largest absolute Gasteiger partial charge is 0.314 e. The van der Waals surface area contributed by atoms with E-state index < -0.39 is 14.9 Å². The van der Waals surface area contributed by atoms with Gasteiger partial charge in [-0.2, -0.15) is 4.31 Å². The van der Waals surface area contributed by atoms with Crippen molar-refractivity contribution >= 4 is 28.1 Å². The minimum Gasteiger partial charge on any atom is -0.314 e. The summed E-state index contributed by atoms with van der Waals surface area (Å²) in [5, 5.41) is 14.8. The number of nitrogens with one attached hydrogen (secondary N) is 1. The second kappa shape index (κ2) is 8.21. The van der Waals surface area contributed by atoms with E-state index in [0.717, 1.165) is 30.9 Å². The molecule has 1 saturated heterocycles. The standard InChI is InChI=1S/C17H25N3O4S.ClH/c1-12-9-16(20(21)22)17(10-13(12)2)25(23,24)19-7-5-15(6-8-19)18-11-14-3-4-14;/h9-10,14-15,18H,3-8,11H2,1-2H3;1H. The number of aryl methyl sites for hydroxylation is 2. The average molecular weight is 404 g/mol. The van der Waals surface area contributed by atoms with Crippen LogP contribution in [0.3, 0.4) is 0 Å². The average Bonchev–Trinajstić information content (AvgIpc) is 3.39. The summed E-state index contributed by atoms with van der Waals surface area (Å²) in [6.07, 6.45) is 4.06. The third-order valence-corrected chi connectivity index (χ3v) is 7.16. The van der Waals surface area contributed by atoms with Crippen molar-refractivity contribution in [3.63, 3.8) is 0 Å². The van der Waals surface area contributed by atoms with Crippen LogP contribution < -0.4 is 5.32 Å². The number of nitro benzene ring substituents is 1. The zero-order valence-electron chi connectivity index (χ0n) is 15.1. The maximum absolute atomic E-state index is 13.0. The number of piperidine rings is 1. The van der Waals surface area contributed by atoms with Gasteiger partial charge in [0.1, 0.15) is 0 Å². The fourth-order valence-electron chi connectivity index (χ4n) is 3.22. The van der Waals surface area contributed by atoms with Crippen LogP contribution in [0.4, 0.5) is 5.69 Å². The van der Waals surface area contributed by atoms with Crippen LogP contribution in [-0.2, 0) is 10.0 Å². The van der Waals surface area contributed by atoms with Gasteiger partial charge < -0.3 is 5.32 Å². The highest BCUT2D eigenvalue weighted by Gasteiger charge is 2.35. The van der Waals surface area contributed by atoms with Crippen molar-refractivity contribution in [2.24, 2.45) is 5.92 Å². The summed E-state index contributed by atoms with van der Waals surface area (Å²) in [4.78, 5) is 10.5. The minimum atomic E-state index is -3.86. The first-order valence-electron chi connectivity index (χ1n) is 8.78. The van der Waals surface area contributed by atoms with Crippen molar-refractivity contribution in [1.82, 2.24) is 9.62 Å². The quantitative estimate of drug-likeness (QED) is 0.582. The highest BCUT2D eigenvalue weighted by atomic mass is 35.5. The summed E-state index contributed by atoms with van der Waals surface area (Å²) in [5.74, 6) is 0.792. The van der Waals surface area contributed by atoms with Crippen LogP contribution in [0, 0.1) is 29.9 Å². The van der Waals surface area contributed by atoms with E-state index in [1.165, 1.54) is 29.3 Å². The maximum Gasteiger partial charge on any atom is 0.289 e. The number of halogens is 1. The number of nitrogens with zero attached hydrogens (tertiary/aromatic N) is 2. The molecule has 0 bridgehead atoms. The normalized spacial score (nSPS) is 19.2. The topological polar surface area (TPSA) is 92.5 Å². The monoisotopic (exact) mass is 403 g/mol. The predicted molar refractivity (Wildman–Crippen MR) is 102 cm³/mol. The number of hydrogen-bond donors (Lipinski definition) is 1. The third-order valence-electron chi connectivity index (χ3n) is 5.24. The van der Waals surface area contributed by atoms with Crippen LogP contribution in [0.5, 0.6) is 0 Å². The minimum absolute atomic E-state index is 0. The molecule has 1 aliphatic carbocycles. The SMILES string of the molecule is Cc1cc([N+](=O)[O-])c(S(=O)(=O)N2CCC(NCC3CC3)CC2)cc1C.Cl. The van der Waals surface area contributed by atoms with Gasteiger partial charge in [-0.25, -0.2) is 8.42 Å². The number of rotatable bonds is 6. The molecule has 3 rings (SSSR count). The summed E-state index contributed by atoms with van der Waals surface area (Å²) < 4.78 is 27.3. The summed E-state index contributed by atoms with van der Waals surface area (Å²) in [6.45, 7) is 5.32. The number of sulfonamides is 1. The Morgan fingerprint density at radius 2 is 1.73 bits per heavy atom. The molecule has 0 atom stereocenters. The second-order valence-corrected chi connectivity index (χ2v) is 9.10. The van der Waals surface area contributed by atoms with Gasteiger partial charge in [-0.05, 0) is 69.2 Å². The highest BCUT2D eigenvalue weighted by molar-refractivity contribution is 7.89. The Kier molecular flexibility index (Phi) is 6.65. The van der Waals surface area contributed by atoms with E-state index in [1.807, 2.05) is 0 Å². The van der Waals surface area contributed by atoms with Crippen molar-refractivity contribution < 1.29 is 13.3 Å². The maximum atomic E-state index is 13.0. The van der Waals surface area contributed by atoms with Crippen LogP contribution in [-0.4, -0.2) is 43.3 Å². The first kappa shape index (κ1) is 21.1. The van der Waals surface area contributed by atoms with Crippen LogP contribution >= 0.6 is 12.4 Å². The summed E-state index contributed by atoms with van der Waals surface area (Å²) in [7, 11) is -3.86. The van der Waals surface area contributed by atoms with E-state index in [2.05, 4.69) is 5.32 Å². The molecule has 1 N–H and O–H groups in total. The lowest BCUT2D eigenvalue weighted by molar-refractivity contribution is -0.387. The van der Waals surface area contributed by atoms with Crippen molar-refractivity contribution in [3.8, 4) is 0 Å². The zero-order chi connectivity index (χ0) is 18.2. The molecule has 1 saturated carbocycles. The molecule has 2 aliphatic rings. The molecule has 0 amide bonds. The molecule has 1 aliphatic heterocycles. The molecule has 146 valence electrons. The van der Waals surface area contributed by atoms with Gasteiger partial charge in [0.2, 0.25) is 10.0 Å². The van der Waals surface area contributed by atoms with Crippen molar-refractivity contribution in [1.29, 1.82) is 0 Å². The van der Waals surface area contributed by atoms with Crippen LogP contribution in [0.2, 0.25) is 0 Å². The van der Waals surface area contributed by atoms with Gasteiger partial charge in [-0.1, -0.05) is 0 Å². The fraction of sp³-hybridized carbons (Fsp3) is 0.647. The smallest absolute Gasteiger partial charge is 0.289 e. The molecular weight excluding hydrogens is 378 g/mol. The Hall–Kier alpha value is -1.22. The third kappa shape index (κ3) is 4.54. The lowest BCUT2D eigenvalue weighted by Gasteiger charge is -2.31. The van der Waals surface area contributed by atoms with Crippen molar-refractivity contribution in [2.45, 2.75) is 50.5 Å². The lowest BCUT2D eigenvalue weighted by atomic mass is 10.1. The number of nitro groups is 1. The number of benzene rings is 1. The van der Waals surface area contributed by atoms with Crippen molar-refractivity contribution in [3.05, 3.63) is 33.4 Å². The van der Waals surface area contributed by atoms with E-state index in [4.69, 9.17) is 0 Å². The molecule has 0 spiro atoms. The van der Waals surface area contributed by atoms with Gasteiger partial charge in [0.15, 0.2) is 4.90 Å². The zero-order valence-corrected chi connectivity index (χ0v) is 16.7. The van der Waals surface area contributed by atoms with Gasteiger partial charge >= 0.3 is 0 Å². The Labute approximate surface area is 160 Å². The van der Waals surface area contributed by atoms with Gasteiger partial charge in [0, 0.05) is 25.2 Å². The van der Waals surface area contributed by atoms with E-state index in [0.29, 0.717) is 24.7 Å². The number of hydrogen-bond acceptors (Lipinski definition) is 5. The Bertz CT molecular complexity index is 772. The Morgan fingerprint density at radius 3 is 2.27 bits per heavy atom. The van der Waals surface area contributed by atoms with Gasteiger partial charge in [-0.3, -0.25) is 10.1 Å². The van der Waals surface area contributed by atoms with E-state index in [1.54, 1.807) is 13.8 Å². The van der Waals surface area contributed by atoms with Crippen LogP contribution in [0.1, 0.15) is 36.8 Å². The highest BCUT2D eigenvalue weighted by Crippen LogP contribution is 2.31. The Morgan fingerprint density at radius 1 is 1.15 bits per heavy atom.